The first kappa shape index (κ1) is 10.2. The second-order valence-electron chi connectivity index (χ2n) is 2.71. The van der Waals surface area contributed by atoms with Crippen molar-refractivity contribution in [2.75, 3.05) is 0 Å². The molecule has 0 aliphatic rings. The number of phenols is 1. The zero-order valence-corrected chi connectivity index (χ0v) is 7.57. The summed E-state index contributed by atoms with van der Waals surface area (Å²) < 4.78 is 25.9. The molecule has 3 N–H and O–H groups in total. The maximum atomic E-state index is 13.0. The van der Waals surface area contributed by atoms with E-state index in [0.29, 0.717) is 0 Å². The molecule has 0 aliphatic carbocycles. The number of rotatable bonds is 1. The molecule has 0 spiro atoms. The van der Waals surface area contributed by atoms with Crippen LogP contribution in [0.4, 0.5) is 8.78 Å². The predicted octanol–water partition coefficient (Wildman–Crippen LogP) is 2.34. The second kappa shape index (κ2) is 3.47. The molecule has 2 nitrogen and oxygen atoms in total. The van der Waals surface area contributed by atoms with Crippen LogP contribution in [-0.4, -0.2) is 5.11 Å². The van der Waals surface area contributed by atoms with Crippen molar-refractivity contribution >= 4 is 11.6 Å². The van der Waals surface area contributed by atoms with Crippen LogP contribution in [0.15, 0.2) is 6.07 Å². The van der Waals surface area contributed by atoms with E-state index in [-0.39, 0.29) is 10.6 Å². The van der Waals surface area contributed by atoms with Gasteiger partial charge in [-0.3, -0.25) is 0 Å². The largest absolute Gasteiger partial charge is 0.504 e. The first-order chi connectivity index (χ1) is 5.95. The molecule has 0 saturated carbocycles. The number of phenolic OH excluding ortho intramolecular Hbond substituents is 1. The van der Waals surface area contributed by atoms with Crippen molar-refractivity contribution in [3.8, 4) is 5.75 Å². The third-order valence-electron chi connectivity index (χ3n) is 1.65. The Balaban J connectivity index is 3.41. The lowest BCUT2D eigenvalue weighted by atomic mass is 10.1. The van der Waals surface area contributed by atoms with E-state index >= 15 is 0 Å². The number of nitrogens with two attached hydrogens (primary N) is 1. The van der Waals surface area contributed by atoms with Crippen molar-refractivity contribution in [2.24, 2.45) is 5.73 Å². The van der Waals surface area contributed by atoms with E-state index in [1.54, 1.807) is 0 Å². The summed E-state index contributed by atoms with van der Waals surface area (Å²) in [6.45, 7) is 1.49. The van der Waals surface area contributed by atoms with Crippen LogP contribution in [0.25, 0.3) is 0 Å². The molecule has 5 heteroatoms. The Morgan fingerprint density at radius 2 is 2.00 bits per heavy atom. The highest BCUT2D eigenvalue weighted by atomic mass is 35.5. The summed E-state index contributed by atoms with van der Waals surface area (Å²) in [5.74, 6) is -3.40. The number of hydrogen-bond donors (Lipinski definition) is 2. The van der Waals surface area contributed by atoms with Gasteiger partial charge in [0.15, 0.2) is 11.6 Å². The van der Waals surface area contributed by atoms with E-state index in [2.05, 4.69) is 0 Å². The molecule has 1 aromatic rings. The zero-order valence-electron chi connectivity index (χ0n) is 6.81. The summed E-state index contributed by atoms with van der Waals surface area (Å²) in [4.78, 5) is 0. The van der Waals surface area contributed by atoms with Gasteiger partial charge in [0.2, 0.25) is 5.82 Å². The molecule has 1 aromatic carbocycles. The Labute approximate surface area is 78.9 Å². The Morgan fingerprint density at radius 1 is 1.46 bits per heavy atom. The fourth-order valence-corrected chi connectivity index (χ4v) is 1.14. The van der Waals surface area contributed by atoms with Gasteiger partial charge in [-0.2, -0.15) is 4.39 Å². The highest BCUT2D eigenvalue weighted by Crippen LogP contribution is 2.32. The van der Waals surface area contributed by atoms with Gasteiger partial charge in [0.1, 0.15) is 0 Å². The molecule has 0 aromatic heterocycles. The van der Waals surface area contributed by atoms with Crippen molar-refractivity contribution in [3.63, 3.8) is 0 Å². The van der Waals surface area contributed by atoms with E-state index < -0.39 is 23.4 Å². The molecular weight excluding hydrogens is 200 g/mol. The van der Waals surface area contributed by atoms with Gasteiger partial charge in [-0.05, 0) is 13.0 Å². The predicted molar refractivity (Wildman–Crippen MR) is 45.6 cm³/mol. The summed E-state index contributed by atoms with van der Waals surface area (Å²) in [5, 5.41) is 8.66. The van der Waals surface area contributed by atoms with Crippen LogP contribution in [-0.2, 0) is 0 Å². The highest BCUT2D eigenvalue weighted by Gasteiger charge is 2.18. The van der Waals surface area contributed by atoms with Crippen molar-refractivity contribution in [1.29, 1.82) is 0 Å². The van der Waals surface area contributed by atoms with Gasteiger partial charge in [0.05, 0.1) is 5.02 Å². The monoisotopic (exact) mass is 207 g/mol. The van der Waals surface area contributed by atoms with E-state index in [4.69, 9.17) is 22.4 Å². The fraction of sp³-hybridized carbons (Fsp3) is 0.250. The SMILES string of the molecule is CC(N)c1cc(Cl)c(O)c(F)c1F. The third kappa shape index (κ3) is 1.73. The summed E-state index contributed by atoms with van der Waals surface area (Å²) in [6, 6.07) is 0.438. The Hall–Kier alpha value is -0.870. The summed E-state index contributed by atoms with van der Waals surface area (Å²) in [7, 11) is 0. The lowest BCUT2D eigenvalue weighted by Crippen LogP contribution is -2.08. The Kier molecular flexibility index (Phi) is 2.73. The molecule has 1 unspecified atom stereocenters. The maximum absolute atomic E-state index is 13.0. The summed E-state index contributed by atoms with van der Waals surface area (Å²) >= 11 is 5.42. The van der Waals surface area contributed by atoms with E-state index in [1.807, 2.05) is 0 Å². The standard InChI is InChI=1S/C8H8ClF2NO/c1-3(12)4-2-5(9)8(13)7(11)6(4)10/h2-3,13H,12H2,1H3. The third-order valence-corrected chi connectivity index (χ3v) is 1.94. The Morgan fingerprint density at radius 3 is 2.46 bits per heavy atom. The van der Waals surface area contributed by atoms with E-state index in [0.717, 1.165) is 6.07 Å². The van der Waals surface area contributed by atoms with Crippen molar-refractivity contribution < 1.29 is 13.9 Å². The highest BCUT2D eigenvalue weighted by molar-refractivity contribution is 6.32. The fourth-order valence-electron chi connectivity index (χ4n) is 0.935. The first-order valence-electron chi connectivity index (χ1n) is 3.57. The molecule has 0 saturated heterocycles. The lowest BCUT2D eigenvalue weighted by molar-refractivity contribution is 0.402. The smallest absolute Gasteiger partial charge is 0.202 e. The number of hydrogen-bond acceptors (Lipinski definition) is 2. The average molecular weight is 208 g/mol. The topological polar surface area (TPSA) is 46.2 Å². The van der Waals surface area contributed by atoms with E-state index in [1.165, 1.54) is 6.92 Å². The molecule has 0 fully saturated rings. The zero-order chi connectivity index (χ0) is 10.2. The minimum Gasteiger partial charge on any atom is -0.504 e. The van der Waals surface area contributed by atoms with Crippen molar-refractivity contribution in [3.05, 3.63) is 28.3 Å². The molecule has 0 amide bonds. The molecular formula is C8H8ClF2NO. The van der Waals surface area contributed by atoms with Crippen molar-refractivity contribution in [1.82, 2.24) is 0 Å². The summed E-state index contributed by atoms with van der Waals surface area (Å²) in [6.07, 6.45) is 0. The van der Waals surface area contributed by atoms with Crippen molar-refractivity contribution in [2.45, 2.75) is 13.0 Å². The molecule has 0 heterocycles. The normalized spacial score (nSPS) is 13.0. The van der Waals surface area contributed by atoms with Crippen LogP contribution < -0.4 is 5.73 Å². The van der Waals surface area contributed by atoms with Gasteiger partial charge in [0, 0.05) is 11.6 Å². The molecule has 0 aliphatic heterocycles. The van der Waals surface area contributed by atoms with Crippen LogP contribution in [0.5, 0.6) is 5.75 Å². The van der Waals surface area contributed by atoms with Crippen LogP contribution in [0, 0.1) is 11.6 Å². The van der Waals surface area contributed by atoms with Crippen LogP contribution in [0.2, 0.25) is 5.02 Å². The quantitative estimate of drug-likeness (QED) is 0.695. The van der Waals surface area contributed by atoms with E-state index in [9.17, 15) is 8.78 Å². The van der Waals surface area contributed by atoms with Crippen LogP contribution >= 0.6 is 11.6 Å². The molecule has 0 bridgehead atoms. The van der Waals surface area contributed by atoms with Gasteiger partial charge >= 0.3 is 0 Å². The molecule has 1 atom stereocenters. The first-order valence-corrected chi connectivity index (χ1v) is 3.95. The van der Waals surface area contributed by atoms with Gasteiger partial charge in [-0.15, -0.1) is 0 Å². The van der Waals surface area contributed by atoms with Crippen LogP contribution in [0.1, 0.15) is 18.5 Å². The summed E-state index contributed by atoms with van der Waals surface area (Å²) in [5.41, 5.74) is 5.30. The second-order valence-corrected chi connectivity index (χ2v) is 3.12. The maximum Gasteiger partial charge on any atom is 0.202 e. The molecule has 0 radical (unpaired) electrons. The van der Waals surface area contributed by atoms with Crippen LogP contribution in [0.3, 0.4) is 0 Å². The minimum atomic E-state index is -1.36. The van der Waals surface area contributed by atoms with Gasteiger partial charge in [0.25, 0.3) is 0 Å². The molecule has 1 rings (SSSR count). The minimum absolute atomic E-state index is 0.0553. The van der Waals surface area contributed by atoms with Gasteiger partial charge < -0.3 is 10.8 Å². The number of halogens is 3. The molecule has 72 valence electrons. The number of benzene rings is 1. The average Bonchev–Trinajstić information content (AvgIpc) is 2.07. The Bertz CT molecular complexity index is 341. The van der Waals surface area contributed by atoms with Gasteiger partial charge in [-0.1, -0.05) is 11.6 Å². The number of aromatic hydroxyl groups is 1. The lowest BCUT2D eigenvalue weighted by Gasteiger charge is -2.09. The van der Waals surface area contributed by atoms with Gasteiger partial charge in [-0.25, -0.2) is 4.39 Å². The molecule has 13 heavy (non-hydrogen) atoms.